The lowest BCUT2D eigenvalue weighted by atomic mass is 9.82. The van der Waals surface area contributed by atoms with Crippen molar-refractivity contribution >= 4 is 17.0 Å². The molecule has 0 unspecified atom stereocenters. The van der Waals surface area contributed by atoms with Crippen LogP contribution in [-0.2, 0) is 36.0 Å². The minimum absolute atomic E-state index is 0.105. The quantitative estimate of drug-likeness (QED) is 0.192. The van der Waals surface area contributed by atoms with E-state index in [2.05, 4.69) is 60.2 Å². The Morgan fingerprint density at radius 1 is 1.18 bits per heavy atom. The summed E-state index contributed by atoms with van der Waals surface area (Å²) in [7, 11) is 1.98. The number of nitrogens with zero attached hydrogens (tertiary/aromatic N) is 5. The summed E-state index contributed by atoms with van der Waals surface area (Å²) in [6.07, 6.45) is 8.89. The third-order valence-corrected chi connectivity index (χ3v) is 10.3. The van der Waals surface area contributed by atoms with Crippen molar-refractivity contribution in [2.45, 2.75) is 103 Å². The van der Waals surface area contributed by atoms with Crippen LogP contribution in [0.15, 0.2) is 36.5 Å². The van der Waals surface area contributed by atoms with Crippen LogP contribution in [0.3, 0.4) is 0 Å². The van der Waals surface area contributed by atoms with Gasteiger partial charge in [0, 0.05) is 32.3 Å². The third-order valence-electron chi connectivity index (χ3n) is 10.3. The van der Waals surface area contributed by atoms with Crippen LogP contribution in [0.25, 0.3) is 11.0 Å². The van der Waals surface area contributed by atoms with Gasteiger partial charge in [-0.15, -0.1) is 5.10 Å². The number of hydrogen-bond acceptors (Lipinski definition) is 7. The SMILES string of the molecule is CCOC(=O)C[C@H](c1cc2c(c(CN3C[C@@H](CC)Oc4cccnc4[C@@H]3C)c1)CCC2)c1cc(C2CC2)c2c(nnn2C)c1C. The highest BCUT2D eigenvalue weighted by molar-refractivity contribution is 5.84. The van der Waals surface area contributed by atoms with E-state index in [1.54, 1.807) is 0 Å². The second kappa shape index (κ2) is 12.2. The highest BCUT2D eigenvalue weighted by atomic mass is 16.5. The average molecular weight is 608 g/mol. The predicted octanol–water partition coefficient (Wildman–Crippen LogP) is 6.86. The van der Waals surface area contributed by atoms with E-state index >= 15 is 0 Å². The molecule has 8 heteroatoms. The maximum absolute atomic E-state index is 13.2. The molecule has 45 heavy (non-hydrogen) atoms. The molecular formula is C37H45N5O3. The van der Waals surface area contributed by atoms with Gasteiger partial charge in [-0.25, -0.2) is 4.68 Å². The smallest absolute Gasteiger partial charge is 0.306 e. The Bertz CT molecular complexity index is 1740. The molecule has 236 valence electrons. The standard InChI is InChI=1S/C37H45N5O3/c1-6-28-21-42(23(4)36-33(45-28)12-9-15-38-36)20-27-17-26(16-25-10-8-11-29(25)27)31(19-34(43)44-7-2)30-18-32(24-13-14-24)37-35(22(30)3)39-40-41(37)5/h9,12,15-18,23-24,28,31H,6-8,10-11,13-14,19-21H2,1-5H3/t23-,28+,31+/m0/s1. The van der Waals surface area contributed by atoms with Crippen LogP contribution in [0.5, 0.6) is 5.75 Å². The van der Waals surface area contributed by atoms with Gasteiger partial charge in [-0.1, -0.05) is 30.3 Å². The van der Waals surface area contributed by atoms with Crippen molar-refractivity contribution in [1.29, 1.82) is 0 Å². The normalized spacial score (nSPS) is 20.4. The molecule has 3 atom stereocenters. The zero-order valence-corrected chi connectivity index (χ0v) is 27.3. The van der Waals surface area contributed by atoms with Gasteiger partial charge in [0.25, 0.3) is 0 Å². The second-order valence-electron chi connectivity index (χ2n) is 13.2. The molecule has 1 fully saturated rings. The number of fused-ring (bicyclic) bond motifs is 3. The van der Waals surface area contributed by atoms with E-state index in [9.17, 15) is 4.79 Å². The highest BCUT2D eigenvalue weighted by Crippen LogP contribution is 2.46. The maximum Gasteiger partial charge on any atom is 0.306 e. The number of pyridine rings is 1. The number of benzene rings is 2. The Hall–Kier alpha value is -3.78. The number of carbonyl (C=O) groups is 1. The summed E-state index contributed by atoms with van der Waals surface area (Å²) in [6.45, 7) is 10.5. The molecule has 4 aromatic rings. The van der Waals surface area contributed by atoms with Gasteiger partial charge in [-0.05, 0) is 116 Å². The molecule has 2 aliphatic carbocycles. The molecule has 1 aliphatic heterocycles. The first-order valence-electron chi connectivity index (χ1n) is 16.8. The Labute approximate surface area is 266 Å². The monoisotopic (exact) mass is 607 g/mol. The zero-order chi connectivity index (χ0) is 31.2. The molecule has 2 aromatic carbocycles. The fourth-order valence-corrected chi connectivity index (χ4v) is 7.70. The van der Waals surface area contributed by atoms with E-state index in [-0.39, 0.29) is 24.0 Å². The summed E-state index contributed by atoms with van der Waals surface area (Å²) >= 11 is 0. The Morgan fingerprint density at radius 2 is 2.02 bits per heavy atom. The summed E-state index contributed by atoms with van der Waals surface area (Å²) in [5, 5.41) is 9.03. The Kier molecular flexibility index (Phi) is 8.11. The molecule has 0 amide bonds. The summed E-state index contributed by atoms with van der Waals surface area (Å²) in [6, 6.07) is 11.3. The summed E-state index contributed by atoms with van der Waals surface area (Å²) in [5.74, 6) is 1.13. The van der Waals surface area contributed by atoms with Crippen molar-refractivity contribution in [3.05, 3.63) is 81.2 Å². The lowest BCUT2D eigenvalue weighted by Crippen LogP contribution is -2.34. The lowest BCUT2D eigenvalue weighted by Gasteiger charge is -2.30. The summed E-state index contributed by atoms with van der Waals surface area (Å²) in [5.41, 5.74) is 12.1. The number of aryl methyl sites for hydroxylation is 3. The largest absolute Gasteiger partial charge is 0.487 e. The van der Waals surface area contributed by atoms with Crippen molar-refractivity contribution in [1.82, 2.24) is 24.9 Å². The van der Waals surface area contributed by atoms with Crippen LogP contribution in [0.4, 0.5) is 0 Å². The molecule has 1 saturated carbocycles. The van der Waals surface area contributed by atoms with E-state index < -0.39 is 0 Å². The van der Waals surface area contributed by atoms with Crippen LogP contribution in [0, 0.1) is 6.92 Å². The summed E-state index contributed by atoms with van der Waals surface area (Å²) in [4.78, 5) is 20.5. The number of aromatic nitrogens is 4. The first-order chi connectivity index (χ1) is 21.9. The topological polar surface area (TPSA) is 82.4 Å². The van der Waals surface area contributed by atoms with Crippen molar-refractivity contribution in [2.24, 2.45) is 7.05 Å². The van der Waals surface area contributed by atoms with Crippen molar-refractivity contribution in [3.63, 3.8) is 0 Å². The van der Waals surface area contributed by atoms with E-state index in [1.807, 2.05) is 30.9 Å². The van der Waals surface area contributed by atoms with E-state index in [0.29, 0.717) is 18.9 Å². The zero-order valence-electron chi connectivity index (χ0n) is 27.3. The van der Waals surface area contributed by atoms with E-state index in [4.69, 9.17) is 14.5 Å². The molecular weight excluding hydrogens is 562 g/mol. The molecule has 0 radical (unpaired) electrons. The van der Waals surface area contributed by atoms with E-state index in [1.165, 1.54) is 46.2 Å². The van der Waals surface area contributed by atoms with Crippen LogP contribution in [0.1, 0.15) is 115 Å². The van der Waals surface area contributed by atoms with Gasteiger partial charge in [0.05, 0.1) is 30.3 Å². The minimum Gasteiger partial charge on any atom is -0.487 e. The molecule has 0 bridgehead atoms. The molecule has 3 aliphatic rings. The first-order valence-corrected chi connectivity index (χ1v) is 16.8. The molecule has 3 heterocycles. The number of carbonyl (C=O) groups excluding carboxylic acids is 1. The van der Waals surface area contributed by atoms with Gasteiger partial charge in [-0.3, -0.25) is 14.7 Å². The third kappa shape index (κ3) is 5.62. The van der Waals surface area contributed by atoms with Gasteiger partial charge >= 0.3 is 5.97 Å². The van der Waals surface area contributed by atoms with Crippen molar-refractivity contribution in [3.8, 4) is 5.75 Å². The van der Waals surface area contributed by atoms with Crippen molar-refractivity contribution < 1.29 is 14.3 Å². The van der Waals surface area contributed by atoms with Gasteiger partial charge in [-0.2, -0.15) is 0 Å². The molecule has 7 rings (SSSR count). The predicted molar refractivity (Wildman–Crippen MR) is 175 cm³/mol. The Morgan fingerprint density at radius 3 is 2.80 bits per heavy atom. The molecule has 0 saturated heterocycles. The molecule has 0 spiro atoms. The first kappa shape index (κ1) is 29.9. The fourth-order valence-electron chi connectivity index (χ4n) is 7.70. The van der Waals surface area contributed by atoms with Crippen LogP contribution in [0.2, 0.25) is 0 Å². The van der Waals surface area contributed by atoms with E-state index in [0.717, 1.165) is 66.8 Å². The molecule has 0 N–H and O–H groups in total. The lowest BCUT2D eigenvalue weighted by molar-refractivity contribution is -0.143. The van der Waals surface area contributed by atoms with Gasteiger partial charge < -0.3 is 9.47 Å². The minimum atomic E-state index is -0.164. The number of rotatable bonds is 9. The van der Waals surface area contributed by atoms with Gasteiger partial charge in [0.1, 0.15) is 17.4 Å². The molecule has 2 aromatic heterocycles. The second-order valence-corrected chi connectivity index (χ2v) is 13.2. The van der Waals surface area contributed by atoms with Crippen LogP contribution < -0.4 is 4.74 Å². The average Bonchev–Trinajstić information content (AvgIpc) is 3.67. The van der Waals surface area contributed by atoms with Crippen LogP contribution in [-0.4, -0.2) is 50.1 Å². The highest BCUT2D eigenvalue weighted by Gasteiger charge is 2.33. The van der Waals surface area contributed by atoms with Crippen LogP contribution >= 0.6 is 0 Å². The number of esters is 1. The number of hydrogen-bond donors (Lipinski definition) is 0. The molecule has 8 nitrogen and oxygen atoms in total. The summed E-state index contributed by atoms with van der Waals surface area (Å²) < 4.78 is 13.9. The van der Waals surface area contributed by atoms with Gasteiger partial charge in [0.15, 0.2) is 0 Å². The van der Waals surface area contributed by atoms with Gasteiger partial charge in [0.2, 0.25) is 0 Å². The maximum atomic E-state index is 13.2. The fraction of sp³-hybridized carbons (Fsp3) is 0.514. The number of ether oxygens (including phenoxy) is 2. The Balaban J connectivity index is 1.33. The van der Waals surface area contributed by atoms with Crippen molar-refractivity contribution in [2.75, 3.05) is 13.2 Å².